The number of anilines is 2. The summed E-state index contributed by atoms with van der Waals surface area (Å²) in [6.45, 7) is 1.20. The Hall–Kier alpha value is -3.55. The van der Waals surface area contributed by atoms with Crippen molar-refractivity contribution in [2.75, 3.05) is 25.5 Å². The minimum absolute atomic E-state index is 0.390. The number of rotatable bonds is 7. The van der Waals surface area contributed by atoms with Crippen molar-refractivity contribution in [3.05, 3.63) is 94.5 Å². The lowest BCUT2D eigenvalue weighted by Crippen LogP contribution is -2.43. The lowest BCUT2D eigenvalue weighted by Gasteiger charge is -2.32. The number of methoxy groups -OCH3 is 1. The van der Waals surface area contributed by atoms with Gasteiger partial charge in [0, 0.05) is 42.2 Å². The molecular formula is C29H30ClN3O4. The first-order valence-electron chi connectivity index (χ1n) is 12.6. The first kappa shape index (κ1) is 25.1. The molecule has 0 aromatic heterocycles. The molecule has 3 aromatic rings. The first-order chi connectivity index (χ1) is 18.0. The van der Waals surface area contributed by atoms with Crippen LogP contribution in [-0.4, -0.2) is 42.2 Å². The Morgan fingerprint density at radius 3 is 2.43 bits per heavy atom. The summed E-state index contributed by atoms with van der Waals surface area (Å²) in [4.78, 5) is 33.3. The highest BCUT2D eigenvalue weighted by atomic mass is 35.5. The summed E-state index contributed by atoms with van der Waals surface area (Å²) in [6, 6.07) is 23.1. The number of fused-ring (bicyclic) bond motifs is 1. The number of amides is 2. The molecule has 2 amide bonds. The van der Waals surface area contributed by atoms with Crippen molar-refractivity contribution in [2.45, 2.75) is 31.9 Å². The summed E-state index contributed by atoms with van der Waals surface area (Å²) >= 11 is 5.97. The molecule has 1 atom stereocenters. The molecule has 3 aromatic carbocycles. The van der Waals surface area contributed by atoms with Crippen LogP contribution in [0.2, 0.25) is 5.02 Å². The topological polar surface area (TPSA) is 71.1 Å². The fourth-order valence-electron chi connectivity index (χ4n) is 4.96. The summed E-state index contributed by atoms with van der Waals surface area (Å²) in [5.74, 6) is 0.152. The number of nitrogens with one attached hydrogen (secondary N) is 1. The maximum Gasteiger partial charge on any atom is 0.434 e. The second-order valence-corrected chi connectivity index (χ2v) is 9.90. The zero-order chi connectivity index (χ0) is 25.8. The fraction of sp³-hybridized carbons (Fsp3) is 0.310. The molecule has 1 unspecified atom stereocenters. The van der Waals surface area contributed by atoms with Crippen molar-refractivity contribution < 1.29 is 19.2 Å². The molecule has 0 bridgehead atoms. The summed E-state index contributed by atoms with van der Waals surface area (Å²) in [7, 11) is 1.50. The van der Waals surface area contributed by atoms with Gasteiger partial charge >= 0.3 is 6.09 Å². The van der Waals surface area contributed by atoms with Crippen molar-refractivity contribution in [1.29, 1.82) is 0 Å². The summed E-state index contributed by atoms with van der Waals surface area (Å²) in [5, 5.41) is 5.11. The minimum Gasteiger partial charge on any atom is -0.356 e. The predicted octanol–water partition coefficient (Wildman–Crippen LogP) is 6.58. The third kappa shape index (κ3) is 5.73. The quantitative estimate of drug-likeness (QED) is 0.381. The number of ether oxygens (including phenoxy) is 1. The van der Waals surface area contributed by atoms with Gasteiger partial charge in [0.2, 0.25) is 0 Å². The van der Waals surface area contributed by atoms with Crippen LogP contribution in [0.5, 0.6) is 0 Å². The molecule has 37 heavy (non-hydrogen) atoms. The molecule has 1 fully saturated rings. The smallest absolute Gasteiger partial charge is 0.356 e. The van der Waals surface area contributed by atoms with Gasteiger partial charge in [-0.3, -0.25) is 4.79 Å². The second kappa shape index (κ2) is 11.2. The highest BCUT2D eigenvalue weighted by molar-refractivity contribution is 6.30. The second-order valence-electron chi connectivity index (χ2n) is 9.46. The molecule has 2 aliphatic heterocycles. The van der Waals surface area contributed by atoms with Crippen molar-refractivity contribution in [3.8, 4) is 0 Å². The normalized spacial score (nSPS) is 17.6. The standard InChI is InChI=1S/C29H30ClN3O4/c1-36-28-26-19-24(31-23-5-3-2-4-6-23)13-14-25(26)27(34)33(28)37-29(35)32-17-15-21(16-18-32)8-7-20-9-11-22(30)12-10-20/h2-6,9-14,19,21,28,31H,7-8,15-18H2,1H3. The van der Waals surface area contributed by atoms with E-state index in [0.29, 0.717) is 30.1 Å². The van der Waals surface area contributed by atoms with Crippen LogP contribution in [0.3, 0.4) is 0 Å². The zero-order valence-electron chi connectivity index (χ0n) is 20.7. The van der Waals surface area contributed by atoms with Crippen molar-refractivity contribution >= 4 is 35.0 Å². The van der Waals surface area contributed by atoms with Crippen molar-refractivity contribution in [3.63, 3.8) is 0 Å². The molecular weight excluding hydrogens is 490 g/mol. The van der Waals surface area contributed by atoms with Gasteiger partial charge in [0.25, 0.3) is 5.91 Å². The number of carbonyl (C=O) groups excluding carboxylic acids is 2. The van der Waals surface area contributed by atoms with E-state index in [2.05, 4.69) is 17.4 Å². The fourth-order valence-corrected chi connectivity index (χ4v) is 5.09. The number of para-hydroxylation sites is 1. The van der Waals surface area contributed by atoms with Gasteiger partial charge in [-0.05, 0) is 79.6 Å². The van der Waals surface area contributed by atoms with Gasteiger partial charge in [0.1, 0.15) is 0 Å². The lowest BCUT2D eigenvalue weighted by atomic mass is 9.91. The largest absolute Gasteiger partial charge is 0.434 e. The van der Waals surface area contributed by atoms with E-state index < -0.39 is 12.3 Å². The van der Waals surface area contributed by atoms with Crippen LogP contribution in [0.25, 0.3) is 0 Å². The van der Waals surface area contributed by atoms with Crippen LogP contribution in [0, 0.1) is 5.92 Å². The number of nitrogens with zero attached hydrogens (tertiary/aromatic N) is 2. The van der Waals surface area contributed by atoms with E-state index in [-0.39, 0.29) is 5.91 Å². The van der Waals surface area contributed by atoms with Crippen LogP contribution < -0.4 is 5.32 Å². The number of benzene rings is 3. The Morgan fingerprint density at radius 2 is 1.73 bits per heavy atom. The minimum atomic E-state index is -0.805. The van der Waals surface area contributed by atoms with E-state index in [1.54, 1.807) is 11.0 Å². The van der Waals surface area contributed by atoms with Gasteiger partial charge in [0.05, 0.1) is 5.56 Å². The molecule has 7 nitrogen and oxygen atoms in total. The Bertz CT molecular complexity index is 1240. The summed E-state index contributed by atoms with van der Waals surface area (Å²) in [6.07, 6.45) is 2.53. The molecule has 5 rings (SSSR count). The average Bonchev–Trinajstić information content (AvgIpc) is 3.19. The molecule has 0 spiro atoms. The number of hydrogen-bond acceptors (Lipinski definition) is 5. The third-order valence-corrected chi connectivity index (χ3v) is 7.30. The highest BCUT2D eigenvalue weighted by Gasteiger charge is 2.41. The van der Waals surface area contributed by atoms with E-state index in [1.807, 2.05) is 54.6 Å². The number of carbonyl (C=O) groups is 2. The number of hydrogen-bond donors (Lipinski definition) is 1. The van der Waals surface area contributed by atoms with Crippen LogP contribution >= 0.6 is 11.6 Å². The Kier molecular flexibility index (Phi) is 7.63. The maximum absolute atomic E-state index is 13.1. The number of hydroxylamine groups is 2. The molecule has 8 heteroatoms. The van der Waals surface area contributed by atoms with Crippen molar-refractivity contribution in [2.24, 2.45) is 5.92 Å². The third-order valence-electron chi connectivity index (χ3n) is 7.05. The van der Waals surface area contributed by atoms with E-state index in [0.717, 1.165) is 47.1 Å². The first-order valence-corrected chi connectivity index (χ1v) is 12.9. The van der Waals surface area contributed by atoms with Crippen molar-refractivity contribution in [1.82, 2.24) is 9.96 Å². The summed E-state index contributed by atoms with van der Waals surface area (Å²) in [5.41, 5.74) is 4.13. The number of aryl methyl sites for hydroxylation is 1. The number of likely N-dealkylation sites (tertiary alicyclic amines) is 1. The number of halogens is 1. The highest BCUT2D eigenvalue weighted by Crippen LogP contribution is 2.37. The van der Waals surface area contributed by atoms with E-state index >= 15 is 0 Å². The summed E-state index contributed by atoms with van der Waals surface area (Å²) < 4.78 is 5.59. The van der Waals surface area contributed by atoms with Crippen LogP contribution in [0.15, 0.2) is 72.8 Å². The van der Waals surface area contributed by atoms with Crippen LogP contribution in [0.4, 0.5) is 16.2 Å². The molecule has 192 valence electrons. The SMILES string of the molecule is COC1c2cc(Nc3ccccc3)ccc2C(=O)N1OC(=O)N1CCC(CCc2ccc(Cl)cc2)CC1. The average molecular weight is 520 g/mol. The molecule has 2 aliphatic rings. The molecule has 1 saturated heterocycles. The van der Waals surface area contributed by atoms with Gasteiger partial charge in [0.15, 0.2) is 6.23 Å². The maximum atomic E-state index is 13.1. The Balaban J connectivity index is 1.17. The van der Waals surface area contributed by atoms with Gasteiger partial charge in [-0.15, -0.1) is 5.06 Å². The van der Waals surface area contributed by atoms with E-state index in [1.165, 1.54) is 12.7 Å². The monoisotopic (exact) mass is 519 g/mol. The van der Waals surface area contributed by atoms with Crippen LogP contribution in [0.1, 0.15) is 47.0 Å². The van der Waals surface area contributed by atoms with Crippen LogP contribution in [-0.2, 0) is 16.0 Å². The number of piperidine rings is 1. The molecule has 1 N–H and O–H groups in total. The lowest BCUT2D eigenvalue weighted by molar-refractivity contribution is -0.174. The molecule has 0 aliphatic carbocycles. The molecule has 0 radical (unpaired) electrons. The van der Waals surface area contributed by atoms with Gasteiger partial charge in [-0.25, -0.2) is 4.79 Å². The van der Waals surface area contributed by atoms with Gasteiger partial charge in [-0.1, -0.05) is 41.9 Å². The van der Waals surface area contributed by atoms with Gasteiger partial charge in [-0.2, -0.15) is 0 Å². The predicted molar refractivity (Wildman–Crippen MR) is 143 cm³/mol. The van der Waals surface area contributed by atoms with E-state index in [9.17, 15) is 9.59 Å². The zero-order valence-corrected chi connectivity index (χ0v) is 21.5. The Labute approximate surface area is 221 Å². The van der Waals surface area contributed by atoms with Gasteiger partial charge < -0.3 is 19.8 Å². The molecule has 2 heterocycles. The molecule has 0 saturated carbocycles. The Morgan fingerprint density at radius 1 is 1.00 bits per heavy atom. The van der Waals surface area contributed by atoms with E-state index in [4.69, 9.17) is 21.2 Å².